The van der Waals surface area contributed by atoms with Crippen molar-refractivity contribution in [3.8, 4) is 0 Å². The Balaban J connectivity index is 4.22. The first-order chi connectivity index (χ1) is 35.0. The van der Waals surface area contributed by atoms with Crippen LogP contribution in [0.1, 0.15) is 367 Å². The Morgan fingerprint density at radius 3 is 0.704 bits per heavy atom. The van der Waals surface area contributed by atoms with E-state index in [1.165, 1.54) is 263 Å². The molecule has 0 aromatic carbocycles. The second-order valence-electron chi connectivity index (χ2n) is 22.0. The van der Waals surface area contributed by atoms with Crippen LogP contribution >= 0.6 is 0 Å². The molecule has 0 saturated heterocycles. The van der Waals surface area contributed by atoms with Gasteiger partial charge in [-0.15, -0.1) is 0 Å². The maximum absolute atomic E-state index is 12.9. The van der Waals surface area contributed by atoms with Gasteiger partial charge in [0.05, 0.1) is 0 Å². The number of unbranched alkanes of at least 4 members (excludes halogenated alkanes) is 47. The fourth-order valence-corrected chi connectivity index (χ4v) is 9.91. The van der Waals surface area contributed by atoms with Gasteiger partial charge in [-0.25, -0.2) is 0 Å². The molecule has 71 heavy (non-hydrogen) atoms. The number of esters is 3. The first-order valence-electron chi connectivity index (χ1n) is 32.2. The molecule has 0 saturated carbocycles. The number of hydrogen-bond donors (Lipinski definition) is 0. The van der Waals surface area contributed by atoms with E-state index in [9.17, 15) is 14.4 Å². The molecule has 6 heteroatoms. The molecule has 0 fully saturated rings. The summed E-state index contributed by atoms with van der Waals surface area (Å²) in [6.07, 6.45) is 70.8. The predicted octanol–water partition coefficient (Wildman–Crippen LogP) is 21.7. The molecule has 0 amide bonds. The molecule has 0 aliphatic rings. The molecule has 0 heterocycles. The largest absolute Gasteiger partial charge is 0.462 e. The SMILES string of the molecule is CCCCCCCCC/C=C\CCCCCCCC(=O)OC(COC(=O)CCCCCCCCCCCCCCC)COC(=O)CCCCCCCCCCCCCCCCCCCCCCCCCC. The van der Waals surface area contributed by atoms with E-state index >= 15 is 0 Å². The highest BCUT2D eigenvalue weighted by Crippen LogP contribution is 2.18. The summed E-state index contributed by atoms with van der Waals surface area (Å²) in [6.45, 7) is 6.70. The third kappa shape index (κ3) is 58.9. The second-order valence-corrected chi connectivity index (χ2v) is 22.0. The van der Waals surface area contributed by atoms with Gasteiger partial charge in [0.1, 0.15) is 13.2 Å². The van der Waals surface area contributed by atoms with Gasteiger partial charge in [0.2, 0.25) is 0 Å². The van der Waals surface area contributed by atoms with Crippen molar-refractivity contribution in [3.05, 3.63) is 12.2 Å². The van der Waals surface area contributed by atoms with Gasteiger partial charge in [-0.05, 0) is 44.9 Å². The van der Waals surface area contributed by atoms with Gasteiger partial charge < -0.3 is 14.2 Å². The Morgan fingerprint density at radius 1 is 0.268 bits per heavy atom. The van der Waals surface area contributed by atoms with Crippen LogP contribution in [0, 0.1) is 0 Å². The monoisotopic (exact) mass is 1000 g/mol. The molecule has 1 unspecified atom stereocenters. The minimum absolute atomic E-state index is 0.0670. The topological polar surface area (TPSA) is 78.9 Å². The van der Waals surface area contributed by atoms with E-state index < -0.39 is 6.10 Å². The summed E-state index contributed by atoms with van der Waals surface area (Å²) in [7, 11) is 0. The molecule has 1 atom stereocenters. The van der Waals surface area contributed by atoms with Crippen LogP contribution in [-0.2, 0) is 28.6 Å². The highest BCUT2D eigenvalue weighted by molar-refractivity contribution is 5.71. The summed E-state index contributed by atoms with van der Waals surface area (Å²) in [6, 6.07) is 0. The van der Waals surface area contributed by atoms with E-state index in [0.29, 0.717) is 19.3 Å². The third-order valence-corrected chi connectivity index (χ3v) is 14.8. The van der Waals surface area contributed by atoms with Crippen LogP contribution in [0.3, 0.4) is 0 Å². The number of rotatable bonds is 60. The second kappa shape index (κ2) is 60.7. The average Bonchev–Trinajstić information content (AvgIpc) is 3.37. The average molecular weight is 1000 g/mol. The molecular weight excluding hydrogens is 877 g/mol. The minimum Gasteiger partial charge on any atom is -0.462 e. The lowest BCUT2D eigenvalue weighted by atomic mass is 10.0. The highest BCUT2D eigenvalue weighted by atomic mass is 16.6. The van der Waals surface area contributed by atoms with E-state index in [0.717, 1.165) is 64.2 Å². The molecule has 0 rings (SSSR count). The number of allylic oxidation sites excluding steroid dienone is 2. The Morgan fingerprint density at radius 2 is 0.465 bits per heavy atom. The highest BCUT2D eigenvalue weighted by Gasteiger charge is 2.19. The van der Waals surface area contributed by atoms with Crippen LogP contribution in [0.2, 0.25) is 0 Å². The standard InChI is InChI=1S/C65H124O6/c1-4-7-10-13-16-19-22-25-27-29-30-31-32-33-34-35-36-38-40-43-46-49-52-55-58-64(67)70-61-62(60-69-63(66)57-54-51-48-45-42-39-24-21-18-15-12-9-6-3)71-65(68)59-56-53-50-47-44-41-37-28-26-23-20-17-14-11-8-5-2/h28,37,62H,4-27,29-36,38-61H2,1-3H3/b37-28-. The van der Waals surface area contributed by atoms with Gasteiger partial charge in [0.25, 0.3) is 0 Å². The number of carbonyl (C=O) groups is 3. The van der Waals surface area contributed by atoms with Crippen LogP contribution in [0.15, 0.2) is 12.2 Å². The lowest BCUT2D eigenvalue weighted by molar-refractivity contribution is -0.167. The van der Waals surface area contributed by atoms with Crippen molar-refractivity contribution in [2.24, 2.45) is 0 Å². The van der Waals surface area contributed by atoms with Gasteiger partial charge in [0.15, 0.2) is 6.10 Å². The summed E-state index contributed by atoms with van der Waals surface area (Å²) in [4.78, 5) is 38.2. The molecule has 6 nitrogen and oxygen atoms in total. The first-order valence-corrected chi connectivity index (χ1v) is 32.2. The minimum atomic E-state index is -0.769. The van der Waals surface area contributed by atoms with Crippen molar-refractivity contribution in [1.82, 2.24) is 0 Å². The van der Waals surface area contributed by atoms with Crippen LogP contribution in [0.4, 0.5) is 0 Å². The Labute approximate surface area is 443 Å². The van der Waals surface area contributed by atoms with Gasteiger partial charge in [-0.3, -0.25) is 14.4 Å². The zero-order valence-electron chi connectivity index (χ0n) is 48.3. The number of carbonyl (C=O) groups excluding carboxylic acids is 3. The molecule has 0 aromatic heterocycles. The predicted molar refractivity (Wildman–Crippen MR) is 307 cm³/mol. The van der Waals surface area contributed by atoms with E-state index in [1.54, 1.807) is 0 Å². The van der Waals surface area contributed by atoms with Crippen LogP contribution in [0.5, 0.6) is 0 Å². The number of hydrogen-bond acceptors (Lipinski definition) is 6. The lowest BCUT2D eigenvalue weighted by Crippen LogP contribution is -2.30. The zero-order chi connectivity index (χ0) is 51.4. The van der Waals surface area contributed by atoms with Crippen LogP contribution in [-0.4, -0.2) is 37.2 Å². The molecule has 0 N–H and O–H groups in total. The Kier molecular flexibility index (Phi) is 59.1. The molecule has 0 aliphatic carbocycles. The van der Waals surface area contributed by atoms with Crippen molar-refractivity contribution in [3.63, 3.8) is 0 Å². The number of ether oxygens (including phenoxy) is 3. The van der Waals surface area contributed by atoms with Gasteiger partial charge in [-0.1, -0.05) is 315 Å². The van der Waals surface area contributed by atoms with Crippen molar-refractivity contribution in [2.45, 2.75) is 374 Å². The first kappa shape index (κ1) is 69.2. The van der Waals surface area contributed by atoms with Gasteiger partial charge >= 0.3 is 17.9 Å². The fourth-order valence-electron chi connectivity index (χ4n) is 9.91. The quantitative estimate of drug-likeness (QED) is 0.0261. The van der Waals surface area contributed by atoms with E-state index in [1.807, 2.05) is 0 Å². The summed E-state index contributed by atoms with van der Waals surface area (Å²) >= 11 is 0. The summed E-state index contributed by atoms with van der Waals surface area (Å²) in [5.74, 6) is -0.846. The maximum Gasteiger partial charge on any atom is 0.306 e. The molecule has 0 aliphatic heterocycles. The Hall–Kier alpha value is -1.85. The smallest absolute Gasteiger partial charge is 0.306 e. The van der Waals surface area contributed by atoms with E-state index in [4.69, 9.17) is 14.2 Å². The van der Waals surface area contributed by atoms with Crippen LogP contribution in [0.25, 0.3) is 0 Å². The van der Waals surface area contributed by atoms with Gasteiger partial charge in [0, 0.05) is 19.3 Å². The van der Waals surface area contributed by atoms with Crippen molar-refractivity contribution < 1.29 is 28.6 Å². The van der Waals surface area contributed by atoms with E-state index in [2.05, 4.69) is 32.9 Å². The van der Waals surface area contributed by atoms with Gasteiger partial charge in [-0.2, -0.15) is 0 Å². The molecule has 420 valence electrons. The maximum atomic E-state index is 12.9. The Bertz CT molecular complexity index is 1100. The molecule has 0 spiro atoms. The molecule has 0 radical (unpaired) electrons. The van der Waals surface area contributed by atoms with E-state index in [-0.39, 0.29) is 31.1 Å². The molecular formula is C65H124O6. The van der Waals surface area contributed by atoms with Crippen molar-refractivity contribution >= 4 is 17.9 Å². The molecule has 0 aromatic rings. The summed E-state index contributed by atoms with van der Waals surface area (Å²) in [5.41, 5.74) is 0. The zero-order valence-corrected chi connectivity index (χ0v) is 48.3. The lowest BCUT2D eigenvalue weighted by Gasteiger charge is -2.18. The fraction of sp³-hybridized carbons (Fsp3) is 0.923. The normalized spacial score (nSPS) is 12.0. The molecule has 0 bridgehead atoms. The van der Waals surface area contributed by atoms with Crippen molar-refractivity contribution in [1.29, 1.82) is 0 Å². The van der Waals surface area contributed by atoms with Crippen molar-refractivity contribution in [2.75, 3.05) is 13.2 Å². The summed E-state index contributed by atoms with van der Waals surface area (Å²) < 4.78 is 16.9. The van der Waals surface area contributed by atoms with Crippen LogP contribution < -0.4 is 0 Å². The summed E-state index contributed by atoms with van der Waals surface area (Å²) in [5, 5.41) is 0. The third-order valence-electron chi connectivity index (χ3n) is 14.8.